The van der Waals surface area contributed by atoms with Gasteiger partial charge in [-0.3, -0.25) is 10.3 Å². The van der Waals surface area contributed by atoms with Crippen molar-refractivity contribution in [2.75, 3.05) is 32.6 Å². The van der Waals surface area contributed by atoms with Gasteiger partial charge in [-0.2, -0.15) is 0 Å². The summed E-state index contributed by atoms with van der Waals surface area (Å²) in [5.74, 6) is 1.00. The summed E-state index contributed by atoms with van der Waals surface area (Å²) in [6, 6.07) is 10.7. The minimum absolute atomic E-state index is 0.0964. The lowest BCUT2D eigenvalue weighted by atomic mass is 10.1. The number of aromatic nitrogens is 2. The Labute approximate surface area is 187 Å². The number of ether oxygens (including phenoxy) is 1. The highest BCUT2D eigenvalue weighted by Gasteiger charge is 2.17. The van der Waals surface area contributed by atoms with Gasteiger partial charge in [0.15, 0.2) is 11.5 Å². The number of likely N-dealkylation sites (N-methyl/N-ethyl adjacent to an activating group) is 1. The Balaban J connectivity index is 1.51. The van der Waals surface area contributed by atoms with E-state index < -0.39 is 0 Å². The number of carbonyl (C=O) groups excluding carboxylic acids is 1. The minimum Gasteiger partial charge on any atom is -0.504 e. The van der Waals surface area contributed by atoms with E-state index in [1.165, 1.54) is 0 Å². The predicted octanol–water partition coefficient (Wildman–Crippen LogP) is 4.01. The van der Waals surface area contributed by atoms with Crippen LogP contribution in [-0.4, -0.2) is 59.3 Å². The number of hydrogen-bond donors (Lipinski definition) is 3. The Morgan fingerprint density at radius 2 is 1.94 bits per heavy atom. The Kier molecular flexibility index (Phi) is 6.70. The lowest BCUT2D eigenvalue weighted by molar-refractivity contribution is 0.248. The maximum atomic E-state index is 12.3. The fourth-order valence-corrected chi connectivity index (χ4v) is 3.79. The first-order chi connectivity index (χ1) is 15.5. The zero-order valence-corrected chi connectivity index (χ0v) is 18.5. The molecule has 1 aliphatic rings. The van der Waals surface area contributed by atoms with Gasteiger partial charge in [-0.1, -0.05) is 18.9 Å². The molecule has 2 amide bonds. The molecule has 8 heteroatoms. The Morgan fingerprint density at radius 1 is 1.12 bits per heavy atom. The zero-order chi connectivity index (χ0) is 22.5. The van der Waals surface area contributed by atoms with Gasteiger partial charge in [0.05, 0.1) is 11.0 Å². The molecule has 168 valence electrons. The molecule has 1 saturated carbocycles. The molecule has 0 aliphatic heterocycles. The number of fused-ring (bicyclic) bond motifs is 1. The maximum Gasteiger partial charge on any atom is 0.320 e. The normalized spacial score (nSPS) is 14.1. The number of nitrogens with zero attached hydrogens (tertiary/aromatic N) is 3. The number of aromatic hydroxyl groups is 1. The molecule has 0 bridgehead atoms. The topological polar surface area (TPSA) is 99.6 Å². The van der Waals surface area contributed by atoms with Gasteiger partial charge in [0, 0.05) is 24.3 Å². The molecule has 2 heterocycles. The van der Waals surface area contributed by atoms with Crippen molar-refractivity contribution in [2.24, 2.45) is 0 Å². The third kappa shape index (κ3) is 5.45. The van der Waals surface area contributed by atoms with Crippen LogP contribution in [0, 0.1) is 0 Å². The van der Waals surface area contributed by atoms with Crippen LogP contribution in [0.4, 0.5) is 10.6 Å². The van der Waals surface area contributed by atoms with Gasteiger partial charge in [0.1, 0.15) is 12.4 Å². The molecule has 3 aromatic rings. The standard InChI is InChI=1S/C24H29N5O3/c1-29(2)11-12-32-22-14-16(7-9-21(22)30)17-13-20-19(25-15-17)8-10-23(27-20)28-24(31)26-18-5-3-4-6-18/h7-10,13-15,18,30H,3-6,11-12H2,1-2H3,(H2,26,27,28,31). The summed E-state index contributed by atoms with van der Waals surface area (Å²) in [5, 5.41) is 16.0. The quantitative estimate of drug-likeness (QED) is 0.519. The van der Waals surface area contributed by atoms with Crippen LogP contribution in [0.3, 0.4) is 0 Å². The fourth-order valence-electron chi connectivity index (χ4n) is 3.79. The molecular weight excluding hydrogens is 406 g/mol. The smallest absolute Gasteiger partial charge is 0.320 e. The van der Waals surface area contributed by atoms with Crippen molar-refractivity contribution in [2.45, 2.75) is 31.7 Å². The summed E-state index contributed by atoms with van der Waals surface area (Å²) < 4.78 is 5.73. The Hall–Kier alpha value is -3.39. The van der Waals surface area contributed by atoms with Crippen molar-refractivity contribution >= 4 is 22.9 Å². The molecule has 2 aromatic heterocycles. The summed E-state index contributed by atoms with van der Waals surface area (Å²) in [4.78, 5) is 23.3. The van der Waals surface area contributed by atoms with E-state index in [4.69, 9.17) is 4.74 Å². The maximum absolute atomic E-state index is 12.3. The van der Waals surface area contributed by atoms with E-state index in [0.717, 1.165) is 48.9 Å². The van der Waals surface area contributed by atoms with Gasteiger partial charge in [0.25, 0.3) is 0 Å². The molecule has 1 aromatic carbocycles. The van der Waals surface area contributed by atoms with Crippen LogP contribution in [0.2, 0.25) is 0 Å². The molecular formula is C24H29N5O3. The van der Waals surface area contributed by atoms with E-state index in [9.17, 15) is 9.90 Å². The first-order valence-corrected chi connectivity index (χ1v) is 10.9. The van der Waals surface area contributed by atoms with Crippen LogP contribution in [0.5, 0.6) is 11.5 Å². The average Bonchev–Trinajstić information content (AvgIpc) is 3.27. The highest BCUT2D eigenvalue weighted by Crippen LogP contribution is 2.32. The lowest BCUT2D eigenvalue weighted by Crippen LogP contribution is -2.36. The van der Waals surface area contributed by atoms with Crippen LogP contribution in [0.15, 0.2) is 42.6 Å². The first kappa shape index (κ1) is 21.8. The number of amides is 2. The van der Waals surface area contributed by atoms with Gasteiger partial charge in [-0.25, -0.2) is 9.78 Å². The van der Waals surface area contributed by atoms with Gasteiger partial charge < -0.3 is 20.1 Å². The van der Waals surface area contributed by atoms with Gasteiger partial charge >= 0.3 is 6.03 Å². The summed E-state index contributed by atoms with van der Waals surface area (Å²) in [6.07, 6.45) is 6.14. The number of nitrogens with one attached hydrogen (secondary N) is 2. The molecule has 0 spiro atoms. The van der Waals surface area contributed by atoms with Crippen LogP contribution in [0.1, 0.15) is 25.7 Å². The monoisotopic (exact) mass is 435 g/mol. The highest BCUT2D eigenvalue weighted by molar-refractivity contribution is 5.90. The van der Waals surface area contributed by atoms with Crippen LogP contribution < -0.4 is 15.4 Å². The Morgan fingerprint density at radius 3 is 2.72 bits per heavy atom. The minimum atomic E-state index is -0.231. The molecule has 1 aliphatic carbocycles. The van der Waals surface area contributed by atoms with E-state index in [1.54, 1.807) is 24.4 Å². The fraction of sp³-hybridized carbons (Fsp3) is 0.375. The van der Waals surface area contributed by atoms with Crippen molar-refractivity contribution in [1.29, 1.82) is 0 Å². The van der Waals surface area contributed by atoms with Crippen LogP contribution in [0.25, 0.3) is 22.2 Å². The van der Waals surface area contributed by atoms with E-state index >= 15 is 0 Å². The van der Waals surface area contributed by atoms with Gasteiger partial charge in [-0.05, 0) is 62.8 Å². The van der Waals surface area contributed by atoms with E-state index in [-0.39, 0.29) is 17.8 Å². The third-order valence-corrected chi connectivity index (χ3v) is 5.56. The third-order valence-electron chi connectivity index (χ3n) is 5.56. The van der Waals surface area contributed by atoms with E-state index in [0.29, 0.717) is 23.7 Å². The molecule has 0 radical (unpaired) electrons. The largest absolute Gasteiger partial charge is 0.504 e. The average molecular weight is 436 g/mol. The van der Waals surface area contributed by atoms with Crippen molar-refractivity contribution in [3.05, 3.63) is 42.6 Å². The summed E-state index contributed by atoms with van der Waals surface area (Å²) in [6.45, 7) is 1.22. The van der Waals surface area contributed by atoms with Crippen LogP contribution >= 0.6 is 0 Å². The second-order valence-electron chi connectivity index (χ2n) is 8.37. The second kappa shape index (κ2) is 9.82. The summed E-state index contributed by atoms with van der Waals surface area (Å²) >= 11 is 0. The van der Waals surface area contributed by atoms with Gasteiger partial charge in [0.2, 0.25) is 0 Å². The summed E-state index contributed by atoms with van der Waals surface area (Å²) in [7, 11) is 3.93. The molecule has 4 rings (SSSR count). The number of phenolic OH excluding ortho intramolecular Hbond substituents is 1. The van der Waals surface area contributed by atoms with Crippen molar-refractivity contribution in [3.63, 3.8) is 0 Å². The number of rotatable bonds is 7. The number of pyridine rings is 2. The van der Waals surface area contributed by atoms with E-state index in [1.807, 2.05) is 37.2 Å². The highest BCUT2D eigenvalue weighted by atomic mass is 16.5. The number of benzene rings is 1. The number of phenols is 1. The number of anilines is 1. The molecule has 1 fully saturated rings. The molecule has 32 heavy (non-hydrogen) atoms. The van der Waals surface area contributed by atoms with Crippen molar-refractivity contribution < 1.29 is 14.6 Å². The number of carbonyl (C=O) groups is 1. The lowest BCUT2D eigenvalue weighted by Gasteiger charge is -2.13. The number of urea groups is 1. The second-order valence-corrected chi connectivity index (χ2v) is 8.37. The number of hydrogen-bond acceptors (Lipinski definition) is 6. The molecule has 8 nitrogen and oxygen atoms in total. The first-order valence-electron chi connectivity index (χ1n) is 10.9. The zero-order valence-electron chi connectivity index (χ0n) is 18.5. The van der Waals surface area contributed by atoms with Crippen molar-refractivity contribution in [3.8, 4) is 22.6 Å². The van der Waals surface area contributed by atoms with Crippen molar-refractivity contribution in [1.82, 2.24) is 20.2 Å². The molecule has 0 atom stereocenters. The van der Waals surface area contributed by atoms with Crippen LogP contribution in [-0.2, 0) is 0 Å². The van der Waals surface area contributed by atoms with E-state index in [2.05, 4.69) is 20.6 Å². The molecule has 0 saturated heterocycles. The van der Waals surface area contributed by atoms with Gasteiger partial charge in [-0.15, -0.1) is 0 Å². The summed E-state index contributed by atoms with van der Waals surface area (Å²) in [5.41, 5.74) is 3.10. The predicted molar refractivity (Wildman–Crippen MR) is 125 cm³/mol. The molecule has 0 unspecified atom stereocenters. The Bertz CT molecular complexity index is 1100. The SMILES string of the molecule is CN(C)CCOc1cc(-c2cnc3ccc(NC(=O)NC4CCCC4)nc3c2)ccc1O. The molecule has 3 N–H and O–H groups in total.